The van der Waals surface area contributed by atoms with Crippen molar-refractivity contribution in [3.05, 3.63) is 91.0 Å². The quantitative estimate of drug-likeness (QED) is 0.672. The van der Waals surface area contributed by atoms with Gasteiger partial charge in [0.1, 0.15) is 0 Å². The summed E-state index contributed by atoms with van der Waals surface area (Å²) in [5.74, 6) is 0. The van der Waals surface area contributed by atoms with Gasteiger partial charge in [-0.2, -0.15) is 0 Å². The minimum atomic E-state index is -2.11. The van der Waals surface area contributed by atoms with Crippen LogP contribution in [-0.2, 0) is 0 Å². The van der Waals surface area contributed by atoms with Gasteiger partial charge in [-0.3, -0.25) is 0 Å². The summed E-state index contributed by atoms with van der Waals surface area (Å²) in [6, 6.07) is 33.1. The molecule has 0 radical (unpaired) electrons. The van der Waals surface area contributed by atoms with Crippen molar-refractivity contribution >= 4 is 23.2 Å². The van der Waals surface area contributed by atoms with Crippen LogP contribution in [0.1, 0.15) is 20.3 Å². The van der Waals surface area contributed by atoms with E-state index in [-0.39, 0.29) is 5.54 Å². The fraction of sp³-hybridized carbons (Fsp3) is 0.217. The van der Waals surface area contributed by atoms with Gasteiger partial charge in [0.25, 0.3) is 0 Å². The first-order valence-electron chi connectivity index (χ1n) is 8.98. The van der Waals surface area contributed by atoms with E-state index in [1.807, 2.05) is 0 Å². The molecule has 2 N–H and O–H groups in total. The summed E-state index contributed by atoms with van der Waals surface area (Å²) >= 11 is 0. The van der Waals surface area contributed by atoms with Gasteiger partial charge < -0.3 is 0 Å². The molecule has 2 heteroatoms. The Labute approximate surface area is 152 Å². The van der Waals surface area contributed by atoms with Crippen molar-refractivity contribution in [2.24, 2.45) is 5.73 Å². The van der Waals surface area contributed by atoms with Crippen LogP contribution < -0.4 is 21.6 Å². The predicted octanol–water partition coefficient (Wildman–Crippen LogP) is 3.84. The van der Waals surface area contributed by atoms with Crippen LogP contribution in [0.5, 0.6) is 0 Å². The van der Waals surface area contributed by atoms with E-state index in [2.05, 4.69) is 105 Å². The summed E-state index contributed by atoms with van der Waals surface area (Å²) in [6.07, 6.45) is 2.10. The second kappa shape index (κ2) is 7.52. The van der Waals surface area contributed by atoms with Gasteiger partial charge in [0, 0.05) is 0 Å². The van der Waals surface area contributed by atoms with Gasteiger partial charge in [-0.15, -0.1) is 0 Å². The maximum atomic E-state index is 6.40. The van der Waals surface area contributed by atoms with Gasteiger partial charge in [0.05, 0.1) is 0 Å². The summed E-state index contributed by atoms with van der Waals surface area (Å²) < 4.78 is 0. The molecular weight excluding hydrogens is 321 g/mol. The molecule has 0 atom stereocenters. The fourth-order valence-corrected chi connectivity index (χ4v) is 8.78. The van der Waals surface area contributed by atoms with Gasteiger partial charge in [-0.1, -0.05) is 0 Å². The minimum absolute atomic E-state index is 0.170. The Bertz CT molecular complexity index is 680. The van der Waals surface area contributed by atoms with Crippen molar-refractivity contribution in [2.45, 2.75) is 25.8 Å². The molecule has 0 amide bonds. The van der Waals surface area contributed by atoms with E-state index in [1.54, 1.807) is 0 Å². The topological polar surface area (TPSA) is 26.0 Å². The van der Waals surface area contributed by atoms with Crippen LogP contribution in [-0.4, -0.2) is 11.7 Å². The van der Waals surface area contributed by atoms with E-state index in [1.165, 1.54) is 15.9 Å². The maximum absolute atomic E-state index is 6.40. The number of hydrogen-bond acceptors (Lipinski definition) is 1. The van der Waals surface area contributed by atoms with Crippen LogP contribution in [0.4, 0.5) is 0 Å². The van der Waals surface area contributed by atoms with Crippen molar-refractivity contribution in [1.29, 1.82) is 0 Å². The molecule has 25 heavy (non-hydrogen) atoms. The monoisotopic (exact) mass is 349 g/mol. The molecule has 0 aliphatic heterocycles. The van der Waals surface area contributed by atoms with Crippen LogP contribution >= 0.6 is 7.26 Å². The zero-order chi connectivity index (χ0) is 17.8. The summed E-state index contributed by atoms with van der Waals surface area (Å²) in [4.78, 5) is 0. The second-order valence-corrected chi connectivity index (χ2v) is 11.5. The molecule has 0 spiro atoms. The molecule has 0 unspecified atom stereocenters. The average Bonchev–Trinajstić information content (AvgIpc) is 2.64. The fourth-order valence-electron chi connectivity index (χ4n) is 3.61. The Kier molecular flexibility index (Phi) is 5.37. The van der Waals surface area contributed by atoms with Gasteiger partial charge in [-0.25, -0.2) is 0 Å². The Morgan fingerprint density at radius 1 is 0.640 bits per heavy atom. The summed E-state index contributed by atoms with van der Waals surface area (Å²) in [5.41, 5.74) is 6.23. The normalized spacial score (nSPS) is 12.8. The summed E-state index contributed by atoms with van der Waals surface area (Å²) in [7, 11) is -2.11. The van der Waals surface area contributed by atoms with Crippen molar-refractivity contribution < 1.29 is 0 Å². The van der Waals surface area contributed by atoms with Gasteiger partial charge >= 0.3 is 152 Å². The van der Waals surface area contributed by atoms with Crippen LogP contribution in [0.25, 0.3) is 0 Å². The molecule has 0 saturated carbocycles. The summed E-state index contributed by atoms with van der Waals surface area (Å²) in [6.45, 7) is 4.26. The second-order valence-electron chi connectivity index (χ2n) is 7.49. The molecule has 0 bridgehead atoms. The molecule has 130 valence electrons. The third kappa shape index (κ3) is 4.00. The molecular formula is C23H28NP. The molecule has 1 nitrogen and oxygen atoms in total. The summed E-state index contributed by atoms with van der Waals surface area (Å²) in [5, 5.41) is 4.37. The van der Waals surface area contributed by atoms with E-state index < -0.39 is 7.26 Å². The zero-order valence-electron chi connectivity index (χ0n) is 15.2. The number of benzene rings is 3. The van der Waals surface area contributed by atoms with E-state index in [4.69, 9.17) is 5.73 Å². The molecule has 0 heterocycles. The first kappa shape index (κ1) is 17.9. The van der Waals surface area contributed by atoms with Gasteiger partial charge in [0.2, 0.25) is 0 Å². The first-order chi connectivity index (χ1) is 12.0. The van der Waals surface area contributed by atoms with E-state index in [0.717, 1.165) is 12.6 Å². The van der Waals surface area contributed by atoms with Crippen molar-refractivity contribution in [3.8, 4) is 0 Å². The van der Waals surface area contributed by atoms with Crippen LogP contribution in [0.3, 0.4) is 0 Å². The predicted molar refractivity (Wildman–Crippen MR) is 114 cm³/mol. The molecule has 0 fully saturated rings. The SMILES string of the molecule is CC(C)(N)CC[PH](c1ccccc1)(c1ccccc1)c1ccccc1. The Hall–Kier alpha value is -1.95. The van der Waals surface area contributed by atoms with Crippen LogP contribution in [0.15, 0.2) is 91.0 Å². The Morgan fingerprint density at radius 2 is 0.960 bits per heavy atom. The van der Waals surface area contributed by atoms with Gasteiger partial charge in [0.15, 0.2) is 0 Å². The molecule has 3 aromatic rings. The number of hydrogen-bond donors (Lipinski definition) is 1. The van der Waals surface area contributed by atoms with Crippen molar-refractivity contribution in [3.63, 3.8) is 0 Å². The Balaban J connectivity index is 2.24. The van der Waals surface area contributed by atoms with Gasteiger partial charge in [-0.05, 0) is 0 Å². The molecule has 3 aromatic carbocycles. The molecule has 0 aliphatic carbocycles. The first-order valence-corrected chi connectivity index (χ1v) is 11.2. The molecule has 0 aromatic heterocycles. The zero-order valence-corrected chi connectivity index (χ0v) is 16.2. The third-order valence-electron chi connectivity index (χ3n) is 4.94. The molecule has 3 rings (SSSR count). The number of nitrogens with two attached hydrogens (primary N) is 1. The average molecular weight is 349 g/mol. The van der Waals surface area contributed by atoms with E-state index in [0.29, 0.717) is 0 Å². The van der Waals surface area contributed by atoms with Crippen molar-refractivity contribution in [2.75, 3.05) is 6.16 Å². The van der Waals surface area contributed by atoms with E-state index >= 15 is 0 Å². The Morgan fingerprint density at radius 3 is 1.24 bits per heavy atom. The van der Waals surface area contributed by atoms with E-state index in [9.17, 15) is 0 Å². The van der Waals surface area contributed by atoms with Crippen LogP contribution in [0, 0.1) is 0 Å². The van der Waals surface area contributed by atoms with Crippen LogP contribution in [0.2, 0.25) is 0 Å². The molecule has 0 saturated heterocycles. The standard InChI is InChI=1S/C23H28NP/c1-23(2,24)18-19-25(20-12-6-3-7-13-20,21-14-8-4-9-15-21)22-16-10-5-11-17-22/h3-17,25H,18-19,24H2,1-2H3. The third-order valence-corrected chi connectivity index (χ3v) is 9.90. The number of rotatable bonds is 6. The van der Waals surface area contributed by atoms with Crippen molar-refractivity contribution in [1.82, 2.24) is 0 Å². The molecule has 0 aliphatic rings.